The molecule has 1 amide bonds. The number of halogens is 3. The average molecular weight is 539 g/mol. The summed E-state index contributed by atoms with van der Waals surface area (Å²) in [7, 11) is 1.22. The molecule has 0 fully saturated rings. The topological polar surface area (TPSA) is 123 Å². The number of nitrogens with one attached hydrogen (secondary N) is 2. The Hall–Kier alpha value is -4.81. The molecule has 4 N–H and O–H groups in total. The van der Waals surface area contributed by atoms with E-state index in [9.17, 15) is 18.0 Å². The number of rotatable bonds is 6. The number of methoxy groups -OCH3 is 1. The Labute approximate surface area is 221 Å². The van der Waals surface area contributed by atoms with E-state index in [4.69, 9.17) is 10.5 Å². The van der Waals surface area contributed by atoms with Crippen molar-refractivity contribution in [2.24, 2.45) is 0 Å². The second-order valence-electron chi connectivity index (χ2n) is 9.00. The number of aromatic nitrogens is 4. The van der Waals surface area contributed by atoms with Gasteiger partial charge in [0.15, 0.2) is 0 Å². The maximum Gasteiger partial charge on any atom is 0.433 e. The lowest BCUT2D eigenvalue weighted by Gasteiger charge is -2.41. The van der Waals surface area contributed by atoms with Crippen molar-refractivity contribution in [3.8, 4) is 17.0 Å². The van der Waals surface area contributed by atoms with Crippen molar-refractivity contribution < 1.29 is 22.7 Å². The minimum atomic E-state index is -4.72. The van der Waals surface area contributed by atoms with Gasteiger partial charge in [-0.2, -0.15) is 13.2 Å². The predicted octanol–water partition coefficient (Wildman–Crippen LogP) is 4.29. The number of hydrogen-bond donors (Lipinski definition) is 3. The summed E-state index contributed by atoms with van der Waals surface area (Å²) in [6.45, 7) is 3.67. The largest absolute Gasteiger partial charge is 0.481 e. The predicted molar refractivity (Wildman–Crippen MR) is 140 cm³/mol. The number of alkyl halides is 3. The Kier molecular flexibility index (Phi) is 6.50. The maximum absolute atomic E-state index is 13.7. The quantitative estimate of drug-likeness (QED) is 0.332. The number of para-hydroxylation sites is 1. The zero-order valence-corrected chi connectivity index (χ0v) is 21.2. The molecule has 0 saturated carbocycles. The molecule has 1 unspecified atom stereocenters. The first-order valence-electron chi connectivity index (χ1n) is 11.9. The molecule has 1 aliphatic heterocycles. The van der Waals surface area contributed by atoms with Crippen LogP contribution in [0, 0.1) is 6.92 Å². The molecule has 13 heteroatoms. The molecule has 0 aliphatic carbocycles. The lowest BCUT2D eigenvalue weighted by molar-refractivity contribution is -0.141. The number of aryl methyl sites for hydroxylation is 1. The van der Waals surface area contributed by atoms with Crippen LogP contribution in [-0.4, -0.2) is 44.9 Å². The Morgan fingerprint density at radius 3 is 2.59 bits per heavy atom. The number of nitrogens with zero attached hydrogens (tertiary/aromatic N) is 5. The van der Waals surface area contributed by atoms with E-state index in [2.05, 4.69) is 25.7 Å². The fraction of sp³-hybridized carbons (Fsp3) is 0.231. The van der Waals surface area contributed by atoms with Crippen LogP contribution < -0.4 is 26.1 Å². The third-order valence-electron chi connectivity index (χ3n) is 6.40. The van der Waals surface area contributed by atoms with Crippen LogP contribution in [0.5, 0.6) is 5.88 Å². The molecular formula is C26H25F3N8O2. The fourth-order valence-corrected chi connectivity index (χ4v) is 4.54. The zero-order chi connectivity index (χ0) is 27.9. The van der Waals surface area contributed by atoms with Crippen LogP contribution in [0.4, 0.5) is 30.5 Å². The van der Waals surface area contributed by atoms with Crippen molar-refractivity contribution in [1.82, 2.24) is 19.6 Å². The van der Waals surface area contributed by atoms with E-state index in [-0.39, 0.29) is 34.5 Å². The van der Waals surface area contributed by atoms with Crippen molar-refractivity contribution in [1.29, 1.82) is 0 Å². The fourth-order valence-electron chi connectivity index (χ4n) is 4.54. The molecule has 1 aromatic carbocycles. The number of nitrogen functional groups attached to an aromatic ring is 1. The highest BCUT2D eigenvalue weighted by atomic mass is 19.4. The summed E-state index contributed by atoms with van der Waals surface area (Å²) in [5, 5.41) is 3.23. The summed E-state index contributed by atoms with van der Waals surface area (Å²) in [4.78, 5) is 27.1. The van der Waals surface area contributed by atoms with Gasteiger partial charge >= 0.3 is 6.18 Å². The van der Waals surface area contributed by atoms with Crippen LogP contribution in [0.1, 0.15) is 28.7 Å². The highest BCUT2D eigenvalue weighted by Crippen LogP contribution is 2.37. The number of amides is 1. The molecule has 202 valence electrons. The summed E-state index contributed by atoms with van der Waals surface area (Å²) in [5.74, 6) is -0.324. The first-order valence-corrected chi connectivity index (χ1v) is 11.9. The molecule has 5 rings (SSSR count). The Morgan fingerprint density at radius 1 is 1.15 bits per heavy atom. The van der Waals surface area contributed by atoms with Gasteiger partial charge in [-0.15, -0.1) is 0 Å². The molecule has 3 aromatic heterocycles. The maximum atomic E-state index is 13.7. The molecule has 0 spiro atoms. The number of pyridine rings is 1. The van der Waals surface area contributed by atoms with Crippen molar-refractivity contribution in [2.75, 3.05) is 28.5 Å². The molecule has 0 saturated heterocycles. The Morgan fingerprint density at radius 2 is 1.90 bits per heavy atom. The molecule has 2 atom stereocenters. The van der Waals surface area contributed by atoms with Crippen LogP contribution in [-0.2, 0) is 6.18 Å². The number of anilines is 3. The van der Waals surface area contributed by atoms with Crippen molar-refractivity contribution in [2.45, 2.75) is 32.2 Å². The molecule has 4 aromatic rings. The first kappa shape index (κ1) is 25.8. The van der Waals surface area contributed by atoms with Gasteiger partial charge in [0, 0.05) is 18.0 Å². The number of nitrogens with two attached hydrogens (primary N) is 1. The molecule has 0 bridgehead atoms. The van der Waals surface area contributed by atoms with Crippen LogP contribution in [0.25, 0.3) is 11.1 Å². The lowest BCUT2D eigenvalue weighted by Crippen LogP contribution is -2.59. The number of carbonyl (C=O) groups excluding carboxylic acids is 1. The zero-order valence-electron chi connectivity index (χ0n) is 21.2. The van der Waals surface area contributed by atoms with Crippen molar-refractivity contribution in [3.05, 3.63) is 78.0 Å². The number of ether oxygens (including phenoxy) is 1. The summed E-state index contributed by atoms with van der Waals surface area (Å²) in [6, 6.07) is 12.7. The van der Waals surface area contributed by atoms with E-state index >= 15 is 0 Å². The van der Waals surface area contributed by atoms with Gasteiger partial charge in [0.1, 0.15) is 35.5 Å². The van der Waals surface area contributed by atoms with Gasteiger partial charge in [0.05, 0.1) is 18.7 Å². The minimum Gasteiger partial charge on any atom is -0.481 e. The Bertz CT molecular complexity index is 1520. The monoisotopic (exact) mass is 538 g/mol. The van der Waals surface area contributed by atoms with E-state index in [1.54, 1.807) is 15.8 Å². The van der Waals surface area contributed by atoms with Gasteiger partial charge in [-0.1, -0.05) is 18.2 Å². The number of carbonyl (C=O) groups is 1. The van der Waals surface area contributed by atoms with Crippen LogP contribution >= 0.6 is 0 Å². The molecule has 4 heterocycles. The standard InChI is InChI=1S/C26H25F3N8O2/c1-14-9-10-36-21(14)25(38)37(17-7-5-4-6-8-17)24(35-36)15(2)33-23-20(22(30)31-13-32-23)16-11-18(26(27,28)29)34-19(12-16)39-3/h4-13,15,24,35H,1-3H3,(H3,30,31,32,33)/t15-,24?/m0/s1. The first-order chi connectivity index (χ1) is 18.6. The highest BCUT2D eigenvalue weighted by Gasteiger charge is 2.38. The smallest absolute Gasteiger partial charge is 0.433 e. The van der Waals surface area contributed by atoms with E-state index in [1.807, 2.05) is 50.2 Å². The summed E-state index contributed by atoms with van der Waals surface area (Å²) >= 11 is 0. The van der Waals surface area contributed by atoms with Crippen LogP contribution in [0.2, 0.25) is 0 Å². The molecule has 10 nitrogen and oxygen atoms in total. The second kappa shape index (κ2) is 9.82. The van der Waals surface area contributed by atoms with E-state index < -0.39 is 24.1 Å². The molecule has 39 heavy (non-hydrogen) atoms. The molecule has 0 radical (unpaired) electrons. The molecule has 1 aliphatic rings. The number of fused-ring (bicyclic) bond motifs is 1. The van der Waals surface area contributed by atoms with E-state index in [1.165, 1.54) is 19.5 Å². The Balaban J connectivity index is 1.56. The SMILES string of the molecule is COc1cc(-c2c(N)ncnc2N[C@@H](C)C2Nn3ccc(C)c3C(=O)N2c2ccccc2)cc(C(F)(F)F)n1. The van der Waals surface area contributed by atoms with Crippen molar-refractivity contribution in [3.63, 3.8) is 0 Å². The van der Waals surface area contributed by atoms with Gasteiger partial charge < -0.3 is 21.2 Å². The van der Waals surface area contributed by atoms with Gasteiger partial charge in [-0.05, 0) is 49.2 Å². The summed E-state index contributed by atoms with van der Waals surface area (Å²) in [5.41, 5.74) is 10.5. The highest BCUT2D eigenvalue weighted by molar-refractivity contribution is 6.07. The van der Waals surface area contributed by atoms with Crippen LogP contribution in [0.15, 0.2) is 61.1 Å². The third kappa shape index (κ3) is 4.78. The normalized spacial score (nSPS) is 15.9. The van der Waals surface area contributed by atoms with E-state index in [0.717, 1.165) is 11.6 Å². The van der Waals surface area contributed by atoms with Gasteiger partial charge in [0.25, 0.3) is 5.91 Å². The van der Waals surface area contributed by atoms with Gasteiger partial charge in [-0.25, -0.2) is 15.0 Å². The summed E-state index contributed by atoms with van der Waals surface area (Å²) < 4.78 is 47.4. The number of benzene rings is 1. The molecular weight excluding hydrogens is 513 g/mol. The third-order valence-corrected chi connectivity index (χ3v) is 6.40. The number of hydrogen-bond acceptors (Lipinski definition) is 8. The second-order valence-corrected chi connectivity index (χ2v) is 9.00. The average Bonchev–Trinajstić information content (AvgIpc) is 3.29. The summed E-state index contributed by atoms with van der Waals surface area (Å²) in [6.07, 6.45) is -2.37. The van der Waals surface area contributed by atoms with Crippen LogP contribution in [0.3, 0.4) is 0 Å². The van der Waals surface area contributed by atoms with Gasteiger partial charge in [0.2, 0.25) is 5.88 Å². The van der Waals surface area contributed by atoms with Crippen molar-refractivity contribution >= 4 is 23.2 Å². The van der Waals surface area contributed by atoms with E-state index in [0.29, 0.717) is 11.4 Å². The minimum absolute atomic E-state index is 0.0445. The van der Waals surface area contributed by atoms with Gasteiger partial charge in [-0.3, -0.25) is 14.4 Å². The lowest BCUT2D eigenvalue weighted by atomic mass is 10.1.